The molecule has 0 aromatic rings. The lowest BCUT2D eigenvalue weighted by Crippen LogP contribution is -2.47. The molecule has 1 fully saturated rings. The zero-order valence-electron chi connectivity index (χ0n) is 9.95. The maximum Gasteiger partial charge on any atom is 0.257 e. The average molecular weight is 265 g/mol. The summed E-state index contributed by atoms with van der Waals surface area (Å²) in [5, 5.41) is 3.30. The first-order chi connectivity index (χ1) is 7.22. The Morgan fingerprint density at radius 1 is 1.56 bits per heavy atom. The Morgan fingerprint density at radius 2 is 2.19 bits per heavy atom. The molecule has 0 spiro atoms. The minimum atomic E-state index is -2.91. The quantitative estimate of drug-likeness (QED) is 0.775. The second-order valence-corrected chi connectivity index (χ2v) is 7.57. The molecule has 6 heteroatoms. The molecule has 94 valence electrons. The lowest BCUT2D eigenvalue weighted by molar-refractivity contribution is 0.244. The normalized spacial score (nSPS) is 28.0. The van der Waals surface area contributed by atoms with Crippen LogP contribution in [-0.2, 0) is 14.6 Å². The van der Waals surface area contributed by atoms with Crippen molar-refractivity contribution in [1.29, 1.82) is 0 Å². The van der Waals surface area contributed by atoms with Crippen molar-refractivity contribution in [3.8, 4) is 0 Å². The Kier molecular flexibility index (Phi) is 4.17. The standard InChI is InChI=1S/C10H19NO3S2/c1-8(2)6-14-9(15)11-10(3)4-5-16(12,13)7-10/h8H,4-7H2,1-3H3,(H,11,15)/t10-/m0/s1. The van der Waals surface area contributed by atoms with Gasteiger partial charge < -0.3 is 10.1 Å². The molecular weight excluding hydrogens is 246 g/mol. The first kappa shape index (κ1) is 13.7. The van der Waals surface area contributed by atoms with E-state index in [2.05, 4.69) is 5.32 Å². The molecule has 16 heavy (non-hydrogen) atoms. The summed E-state index contributed by atoms with van der Waals surface area (Å²) in [6.07, 6.45) is 0.584. The minimum absolute atomic E-state index is 0.130. The van der Waals surface area contributed by atoms with Gasteiger partial charge >= 0.3 is 0 Å². The van der Waals surface area contributed by atoms with Crippen LogP contribution in [0.15, 0.2) is 0 Å². The van der Waals surface area contributed by atoms with Gasteiger partial charge in [-0.15, -0.1) is 0 Å². The predicted octanol–water partition coefficient (Wildman–Crippen LogP) is 1.11. The highest BCUT2D eigenvalue weighted by molar-refractivity contribution is 7.91. The number of hydrogen-bond acceptors (Lipinski definition) is 4. The topological polar surface area (TPSA) is 55.4 Å². The van der Waals surface area contributed by atoms with Crippen LogP contribution in [0.25, 0.3) is 0 Å². The summed E-state index contributed by atoms with van der Waals surface area (Å²) >= 11 is 5.03. The molecule has 1 aliphatic rings. The van der Waals surface area contributed by atoms with E-state index in [9.17, 15) is 8.42 Å². The number of thiocarbonyl (C=S) groups is 1. The molecule has 1 saturated heterocycles. The van der Waals surface area contributed by atoms with Gasteiger partial charge in [0.2, 0.25) is 0 Å². The van der Waals surface area contributed by atoms with Crippen molar-refractivity contribution >= 4 is 27.2 Å². The molecule has 4 nitrogen and oxygen atoms in total. The van der Waals surface area contributed by atoms with Gasteiger partial charge in [0.25, 0.3) is 5.17 Å². The van der Waals surface area contributed by atoms with Gasteiger partial charge in [0.15, 0.2) is 9.84 Å². The first-order valence-corrected chi connectivity index (χ1v) is 7.61. The molecular formula is C10H19NO3S2. The summed E-state index contributed by atoms with van der Waals surface area (Å²) in [5.41, 5.74) is -0.465. The first-order valence-electron chi connectivity index (χ1n) is 5.38. The summed E-state index contributed by atoms with van der Waals surface area (Å²) in [7, 11) is -2.91. The summed E-state index contributed by atoms with van der Waals surface area (Å²) in [6, 6.07) is 0. The van der Waals surface area contributed by atoms with Crippen molar-refractivity contribution < 1.29 is 13.2 Å². The van der Waals surface area contributed by atoms with E-state index in [0.717, 1.165) is 0 Å². The van der Waals surface area contributed by atoms with Crippen LogP contribution < -0.4 is 5.32 Å². The molecule has 0 aromatic carbocycles. The largest absolute Gasteiger partial charge is 0.471 e. The van der Waals surface area contributed by atoms with Gasteiger partial charge in [-0.1, -0.05) is 13.8 Å². The summed E-state index contributed by atoms with van der Waals surface area (Å²) in [4.78, 5) is 0. The Morgan fingerprint density at radius 3 is 2.62 bits per heavy atom. The van der Waals surface area contributed by atoms with Crippen LogP contribution in [0.3, 0.4) is 0 Å². The van der Waals surface area contributed by atoms with Gasteiger partial charge in [-0.05, 0) is 31.5 Å². The van der Waals surface area contributed by atoms with Crippen molar-refractivity contribution in [3.05, 3.63) is 0 Å². The van der Waals surface area contributed by atoms with Crippen LogP contribution in [0.5, 0.6) is 0 Å². The van der Waals surface area contributed by atoms with Gasteiger partial charge in [-0.25, -0.2) is 8.42 Å². The number of nitrogens with one attached hydrogen (secondary N) is 1. The number of ether oxygens (including phenoxy) is 1. The third-order valence-electron chi connectivity index (χ3n) is 2.45. The fourth-order valence-electron chi connectivity index (χ4n) is 1.63. The molecule has 0 saturated carbocycles. The van der Waals surface area contributed by atoms with Crippen LogP contribution >= 0.6 is 12.2 Å². The van der Waals surface area contributed by atoms with E-state index in [4.69, 9.17) is 17.0 Å². The van der Waals surface area contributed by atoms with E-state index in [1.54, 1.807) is 0 Å². The SMILES string of the molecule is CC(C)COC(=S)N[C@@]1(C)CCS(=O)(=O)C1. The van der Waals surface area contributed by atoms with Crippen molar-refractivity contribution in [1.82, 2.24) is 5.32 Å². The van der Waals surface area contributed by atoms with E-state index in [-0.39, 0.29) is 11.5 Å². The van der Waals surface area contributed by atoms with E-state index in [0.29, 0.717) is 24.1 Å². The van der Waals surface area contributed by atoms with Crippen LogP contribution in [0.1, 0.15) is 27.2 Å². The highest BCUT2D eigenvalue weighted by Gasteiger charge is 2.39. The van der Waals surface area contributed by atoms with Crippen LogP contribution in [0.4, 0.5) is 0 Å². The Balaban J connectivity index is 2.45. The molecule has 1 N–H and O–H groups in total. The second kappa shape index (κ2) is 4.87. The number of sulfone groups is 1. The third kappa shape index (κ3) is 4.25. The van der Waals surface area contributed by atoms with E-state index in [1.165, 1.54) is 0 Å². The van der Waals surface area contributed by atoms with Crippen molar-refractivity contribution in [2.75, 3.05) is 18.1 Å². The Labute approximate surface area is 103 Å². The van der Waals surface area contributed by atoms with E-state index < -0.39 is 15.4 Å². The van der Waals surface area contributed by atoms with Gasteiger partial charge in [0.1, 0.15) is 0 Å². The Bertz CT molecular complexity index is 364. The van der Waals surface area contributed by atoms with Crippen LogP contribution in [-0.4, -0.2) is 37.2 Å². The lowest BCUT2D eigenvalue weighted by Gasteiger charge is -2.25. The van der Waals surface area contributed by atoms with Gasteiger partial charge in [0.05, 0.1) is 23.7 Å². The molecule has 0 aliphatic carbocycles. The number of rotatable bonds is 3. The molecule has 1 atom stereocenters. The summed E-state index contributed by atoms with van der Waals surface area (Å²) in [5.74, 6) is 0.758. The smallest absolute Gasteiger partial charge is 0.257 e. The van der Waals surface area contributed by atoms with Crippen molar-refractivity contribution in [2.45, 2.75) is 32.7 Å². The fourth-order valence-corrected chi connectivity index (χ4v) is 4.04. The lowest BCUT2D eigenvalue weighted by atomic mass is 10.0. The molecule has 1 aliphatic heterocycles. The average Bonchev–Trinajstić information content (AvgIpc) is 2.37. The third-order valence-corrected chi connectivity index (χ3v) is 4.58. The molecule has 1 heterocycles. The predicted molar refractivity (Wildman–Crippen MR) is 68.2 cm³/mol. The molecule has 1 rings (SSSR count). The second-order valence-electron chi connectivity index (χ2n) is 5.02. The van der Waals surface area contributed by atoms with Crippen LogP contribution in [0.2, 0.25) is 0 Å². The van der Waals surface area contributed by atoms with Crippen LogP contribution in [0, 0.1) is 5.92 Å². The van der Waals surface area contributed by atoms with E-state index in [1.807, 2.05) is 20.8 Å². The molecule has 0 amide bonds. The van der Waals surface area contributed by atoms with Gasteiger partial charge in [-0.2, -0.15) is 0 Å². The highest BCUT2D eigenvalue weighted by atomic mass is 32.2. The molecule has 0 aromatic heterocycles. The van der Waals surface area contributed by atoms with Gasteiger partial charge in [0, 0.05) is 0 Å². The summed E-state index contributed by atoms with van der Waals surface area (Å²) < 4.78 is 28.1. The fraction of sp³-hybridized carbons (Fsp3) is 0.900. The Hall–Kier alpha value is -0.360. The minimum Gasteiger partial charge on any atom is -0.471 e. The zero-order chi connectivity index (χ0) is 12.4. The number of hydrogen-bond donors (Lipinski definition) is 1. The van der Waals surface area contributed by atoms with Crippen molar-refractivity contribution in [2.24, 2.45) is 5.92 Å². The maximum atomic E-state index is 11.4. The zero-order valence-corrected chi connectivity index (χ0v) is 11.6. The molecule has 0 bridgehead atoms. The molecule has 0 unspecified atom stereocenters. The summed E-state index contributed by atoms with van der Waals surface area (Å²) in [6.45, 7) is 6.48. The monoisotopic (exact) mass is 265 g/mol. The highest BCUT2D eigenvalue weighted by Crippen LogP contribution is 2.22. The van der Waals surface area contributed by atoms with Crippen molar-refractivity contribution in [3.63, 3.8) is 0 Å². The molecule has 0 radical (unpaired) electrons. The van der Waals surface area contributed by atoms with Gasteiger partial charge in [-0.3, -0.25) is 0 Å². The van der Waals surface area contributed by atoms with E-state index >= 15 is 0 Å². The maximum absolute atomic E-state index is 11.4.